The Morgan fingerprint density at radius 2 is 2.14 bits per heavy atom. The van der Waals surface area contributed by atoms with Gasteiger partial charge in [-0.2, -0.15) is 0 Å². The highest BCUT2D eigenvalue weighted by molar-refractivity contribution is 5.13. The van der Waals surface area contributed by atoms with Gasteiger partial charge in [0, 0.05) is 18.3 Å². The molecule has 1 saturated carbocycles. The van der Waals surface area contributed by atoms with Crippen LogP contribution in [0.5, 0.6) is 0 Å². The summed E-state index contributed by atoms with van der Waals surface area (Å²) in [4.78, 5) is 4.02. The number of hydrogen-bond donors (Lipinski definition) is 0. The quantitative estimate of drug-likeness (QED) is 0.672. The summed E-state index contributed by atoms with van der Waals surface area (Å²) in [7, 11) is 0. The highest BCUT2D eigenvalue weighted by Gasteiger charge is 2.42. The zero-order chi connectivity index (χ0) is 10.0. The predicted octanol–water partition coefficient (Wildman–Crippen LogP) is 3.37. The van der Waals surface area contributed by atoms with Crippen LogP contribution in [0.15, 0.2) is 24.4 Å². The second-order valence-corrected chi connectivity index (χ2v) is 3.81. The molecule has 0 N–H and O–H groups in total. The van der Waals surface area contributed by atoms with E-state index in [4.69, 9.17) is 0 Å². The van der Waals surface area contributed by atoms with Crippen molar-refractivity contribution in [2.24, 2.45) is 0 Å². The van der Waals surface area contributed by atoms with Gasteiger partial charge >= 0.3 is 0 Å². The van der Waals surface area contributed by atoms with Crippen LogP contribution in [-0.2, 0) is 0 Å². The van der Waals surface area contributed by atoms with Gasteiger partial charge in [0.05, 0.1) is 5.92 Å². The van der Waals surface area contributed by atoms with E-state index in [0.29, 0.717) is 18.5 Å². The van der Waals surface area contributed by atoms with Crippen LogP contribution in [0.25, 0.3) is 0 Å². The average molecular weight is 197 g/mol. The summed E-state index contributed by atoms with van der Waals surface area (Å²) in [5, 5.41) is 0. The third-order valence-corrected chi connectivity index (χ3v) is 2.81. The predicted molar refractivity (Wildman–Crippen MR) is 50.4 cm³/mol. The molecule has 1 nitrogen and oxygen atoms in total. The Kier molecular flexibility index (Phi) is 2.48. The molecule has 76 valence electrons. The monoisotopic (exact) mass is 197 g/mol. The lowest BCUT2D eigenvalue weighted by Crippen LogP contribution is -2.30. The summed E-state index contributed by atoms with van der Waals surface area (Å²) >= 11 is 0. The molecular formula is C11H13F2N. The third kappa shape index (κ3) is 1.76. The largest absolute Gasteiger partial charge is 0.261 e. The molecule has 1 unspecified atom stereocenters. The lowest BCUT2D eigenvalue weighted by atomic mass is 9.83. The van der Waals surface area contributed by atoms with Crippen molar-refractivity contribution in [1.29, 1.82) is 0 Å². The summed E-state index contributed by atoms with van der Waals surface area (Å²) in [6.07, 6.45) is 3.67. The normalized spacial score (nSPS) is 26.0. The minimum absolute atomic E-state index is 0.00818. The van der Waals surface area contributed by atoms with E-state index < -0.39 is 11.8 Å². The van der Waals surface area contributed by atoms with Gasteiger partial charge in [-0.25, -0.2) is 8.78 Å². The van der Waals surface area contributed by atoms with Crippen molar-refractivity contribution >= 4 is 0 Å². The smallest absolute Gasteiger partial charge is 0.256 e. The summed E-state index contributed by atoms with van der Waals surface area (Å²) in [5.41, 5.74) is 0.539. The molecule has 1 aliphatic carbocycles. The van der Waals surface area contributed by atoms with Crippen LogP contribution in [0.3, 0.4) is 0 Å². The Morgan fingerprint density at radius 1 is 1.29 bits per heavy atom. The van der Waals surface area contributed by atoms with Crippen LogP contribution < -0.4 is 0 Å². The minimum atomic E-state index is -2.56. The second kappa shape index (κ2) is 3.64. The van der Waals surface area contributed by atoms with Crippen LogP contribution in [0, 0.1) is 0 Å². The molecule has 1 aromatic rings. The van der Waals surface area contributed by atoms with E-state index in [1.54, 1.807) is 24.4 Å². The third-order valence-electron chi connectivity index (χ3n) is 2.81. The fraction of sp³-hybridized carbons (Fsp3) is 0.545. The lowest BCUT2D eigenvalue weighted by molar-refractivity contribution is -0.0558. The van der Waals surface area contributed by atoms with Crippen molar-refractivity contribution in [2.75, 3.05) is 0 Å². The molecule has 1 aliphatic rings. The lowest BCUT2D eigenvalue weighted by Gasteiger charge is -2.30. The number of hydrogen-bond acceptors (Lipinski definition) is 1. The molecule has 0 amide bonds. The first kappa shape index (κ1) is 9.56. The van der Waals surface area contributed by atoms with Gasteiger partial charge < -0.3 is 0 Å². The zero-order valence-electron chi connectivity index (χ0n) is 7.92. The van der Waals surface area contributed by atoms with E-state index >= 15 is 0 Å². The Labute approximate surface area is 82.2 Å². The molecule has 1 fully saturated rings. The van der Waals surface area contributed by atoms with Gasteiger partial charge in [-0.3, -0.25) is 4.98 Å². The minimum Gasteiger partial charge on any atom is -0.261 e. The van der Waals surface area contributed by atoms with Crippen molar-refractivity contribution in [3.8, 4) is 0 Å². The summed E-state index contributed by atoms with van der Waals surface area (Å²) in [6, 6.07) is 5.22. The maximum atomic E-state index is 13.5. The van der Waals surface area contributed by atoms with E-state index in [-0.39, 0.29) is 6.42 Å². The van der Waals surface area contributed by atoms with Crippen molar-refractivity contribution in [3.05, 3.63) is 30.1 Å². The maximum Gasteiger partial charge on any atom is 0.256 e. The summed E-state index contributed by atoms with van der Waals surface area (Å²) in [6.45, 7) is 0. The molecule has 0 saturated heterocycles. The first-order chi connectivity index (χ1) is 6.70. The maximum absolute atomic E-state index is 13.5. The zero-order valence-corrected chi connectivity index (χ0v) is 7.92. The van der Waals surface area contributed by atoms with Gasteiger partial charge in [0.25, 0.3) is 5.92 Å². The molecule has 0 aliphatic heterocycles. The number of aromatic nitrogens is 1. The average Bonchev–Trinajstić information content (AvgIpc) is 2.18. The first-order valence-corrected chi connectivity index (χ1v) is 4.99. The van der Waals surface area contributed by atoms with Crippen LogP contribution in [-0.4, -0.2) is 10.9 Å². The molecule has 1 aromatic heterocycles. The highest BCUT2D eigenvalue weighted by Crippen LogP contribution is 2.43. The van der Waals surface area contributed by atoms with E-state index in [0.717, 1.165) is 6.42 Å². The Bertz CT molecular complexity index is 297. The summed E-state index contributed by atoms with van der Waals surface area (Å²) < 4.78 is 27.0. The molecule has 1 atom stereocenters. The van der Waals surface area contributed by atoms with Crippen molar-refractivity contribution < 1.29 is 8.78 Å². The van der Waals surface area contributed by atoms with Crippen LogP contribution in [0.4, 0.5) is 8.78 Å². The number of alkyl halides is 2. The van der Waals surface area contributed by atoms with Gasteiger partial charge in [-0.15, -0.1) is 0 Å². The number of rotatable bonds is 1. The van der Waals surface area contributed by atoms with Gasteiger partial charge in [0.15, 0.2) is 0 Å². The molecule has 0 radical (unpaired) electrons. The molecule has 0 bridgehead atoms. The molecular weight excluding hydrogens is 184 g/mol. The Morgan fingerprint density at radius 3 is 2.79 bits per heavy atom. The molecule has 0 aromatic carbocycles. The van der Waals surface area contributed by atoms with Crippen LogP contribution in [0.1, 0.15) is 37.3 Å². The van der Waals surface area contributed by atoms with Crippen LogP contribution >= 0.6 is 0 Å². The van der Waals surface area contributed by atoms with Gasteiger partial charge in [-0.1, -0.05) is 12.5 Å². The van der Waals surface area contributed by atoms with Gasteiger partial charge in [0.2, 0.25) is 0 Å². The van der Waals surface area contributed by atoms with Crippen molar-refractivity contribution in [1.82, 2.24) is 4.98 Å². The van der Waals surface area contributed by atoms with E-state index in [2.05, 4.69) is 4.98 Å². The van der Waals surface area contributed by atoms with E-state index in [1.807, 2.05) is 0 Å². The fourth-order valence-corrected chi connectivity index (χ4v) is 2.04. The molecule has 2 rings (SSSR count). The first-order valence-electron chi connectivity index (χ1n) is 4.99. The fourth-order valence-electron chi connectivity index (χ4n) is 2.04. The number of nitrogens with zero attached hydrogens (tertiary/aromatic N) is 1. The number of halogens is 2. The van der Waals surface area contributed by atoms with Crippen LogP contribution in [0.2, 0.25) is 0 Å². The topological polar surface area (TPSA) is 12.9 Å². The number of pyridine rings is 1. The molecule has 1 heterocycles. The molecule has 3 heteroatoms. The van der Waals surface area contributed by atoms with E-state index in [9.17, 15) is 8.78 Å². The molecule has 0 spiro atoms. The SMILES string of the molecule is FC1(F)CCCCC1c1ccccn1. The van der Waals surface area contributed by atoms with Crippen molar-refractivity contribution in [2.45, 2.75) is 37.5 Å². The Hall–Kier alpha value is -0.990. The molecule has 14 heavy (non-hydrogen) atoms. The highest BCUT2D eigenvalue weighted by atomic mass is 19.3. The summed E-state index contributed by atoms with van der Waals surface area (Å²) in [5.74, 6) is -3.23. The van der Waals surface area contributed by atoms with E-state index in [1.165, 1.54) is 0 Å². The second-order valence-electron chi connectivity index (χ2n) is 3.81. The van der Waals surface area contributed by atoms with Crippen molar-refractivity contribution in [3.63, 3.8) is 0 Å². The van der Waals surface area contributed by atoms with Gasteiger partial charge in [-0.05, 0) is 25.0 Å². The standard InChI is InChI=1S/C11H13F2N/c12-11(13)7-3-1-5-9(11)10-6-2-4-8-14-10/h2,4,6,8-9H,1,3,5,7H2. The van der Waals surface area contributed by atoms with Gasteiger partial charge in [0.1, 0.15) is 0 Å². The Balaban J connectivity index is 2.24.